The van der Waals surface area contributed by atoms with Crippen molar-refractivity contribution in [2.75, 3.05) is 13.1 Å². The number of carbonyl (C=O) groups excluding carboxylic acids is 1. The van der Waals surface area contributed by atoms with Crippen LogP contribution >= 0.6 is 0 Å². The Morgan fingerprint density at radius 1 is 1.59 bits per heavy atom. The molecule has 2 N–H and O–H groups in total. The molecule has 17 heavy (non-hydrogen) atoms. The number of hydrogen-bond acceptors (Lipinski definition) is 3. The molecule has 1 atom stereocenters. The van der Waals surface area contributed by atoms with E-state index in [1.165, 1.54) is 12.8 Å². The summed E-state index contributed by atoms with van der Waals surface area (Å²) < 4.78 is 1.78. The molecule has 0 saturated carbocycles. The molecule has 1 aromatic rings. The molecule has 94 valence electrons. The lowest BCUT2D eigenvalue weighted by atomic mass is 10.1. The molecule has 1 aliphatic rings. The van der Waals surface area contributed by atoms with E-state index in [4.69, 9.17) is 0 Å². The Bertz CT molecular complexity index is 330. The highest BCUT2D eigenvalue weighted by Crippen LogP contribution is 2.07. The van der Waals surface area contributed by atoms with Crippen LogP contribution in [0.3, 0.4) is 0 Å². The van der Waals surface area contributed by atoms with E-state index in [0.29, 0.717) is 19.0 Å². The maximum absolute atomic E-state index is 11.5. The minimum absolute atomic E-state index is 0.110. The highest BCUT2D eigenvalue weighted by molar-refractivity contribution is 5.75. The zero-order valence-corrected chi connectivity index (χ0v) is 10.1. The van der Waals surface area contributed by atoms with Crippen LogP contribution in [0, 0.1) is 0 Å². The Balaban J connectivity index is 1.54. The van der Waals surface area contributed by atoms with Gasteiger partial charge in [0.1, 0.15) is 0 Å². The fourth-order valence-corrected chi connectivity index (χ4v) is 2.13. The van der Waals surface area contributed by atoms with Gasteiger partial charge in [-0.15, -0.1) is 0 Å². The number of aromatic nitrogens is 2. The summed E-state index contributed by atoms with van der Waals surface area (Å²) in [4.78, 5) is 11.5. The van der Waals surface area contributed by atoms with Crippen molar-refractivity contribution in [2.24, 2.45) is 0 Å². The number of rotatable bonds is 6. The zero-order valence-electron chi connectivity index (χ0n) is 10.1. The normalized spacial score (nSPS) is 19.4. The van der Waals surface area contributed by atoms with Crippen molar-refractivity contribution in [3.63, 3.8) is 0 Å². The Labute approximate surface area is 102 Å². The molecule has 0 aromatic carbocycles. The van der Waals surface area contributed by atoms with E-state index in [1.54, 1.807) is 10.9 Å². The molecule has 1 fully saturated rings. The van der Waals surface area contributed by atoms with Crippen LogP contribution in [0.4, 0.5) is 0 Å². The molecule has 1 saturated heterocycles. The van der Waals surface area contributed by atoms with Crippen LogP contribution in [0.2, 0.25) is 0 Å². The van der Waals surface area contributed by atoms with Crippen LogP contribution in [-0.4, -0.2) is 34.8 Å². The largest absolute Gasteiger partial charge is 0.356 e. The standard InChI is InChI=1S/C12H20N4O/c17-12(5-10-16-9-2-7-15-16)14-8-4-11-3-1-6-13-11/h2,7,9,11,13H,1,3-6,8,10H2,(H,14,17). The molecule has 5 heteroatoms. The van der Waals surface area contributed by atoms with Gasteiger partial charge in [0.15, 0.2) is 0 Å². The second-order valence-electron chi connectivity index (χ2n) is 4.45. The van der Waals surface area contributed by atoms with E-state index in [0.717, 1.165) is 19.5 Å². The number of nitrogens with zero attached hydrogens (tertiary/aromatic N) is 2. The maximum Gasteiger partial charge on any atom is 0.221 e. The topological polar surface area (TPSA) is 59.0 Å². The average Bonchev–Trinajstić information content (AvgIpc) is 2.99. The molecule has 0 aliphatic carbocycles. The summed E-state index contributed by atoms with van der Waals surface area (Å²) in [5.74, 6) is 0.110. The lowest BCUT2D eigenvalue weighted by molar-refractivity contribution is -0.121. The molecule has 1 aromatic heterocycles. The number of nitrogens with one attached hydrogen (secondary N) is 2. The highest BCUT2D eigenvalue weighted by atomic mass is 16.1. The molecule has 5 nitrogen and oxygen atoms in total. The lowest BCUT2D eigenvalue weighted by Gasteiger charge is -2.10. The third kappa shape index (κ3) is 4.19. The summed E-state index contributed by atoms with van der Waals surface area (Å²) in [7, 11) is 0. The molecule has 0 spiro atoms. The van der Waals surface area contributed by atoms with Crippen LogP contribution in [0.15, 0.2) is 18.5 Å². The summed E-state index contributed by atoms with van der Waals surface area (Å²) in [6.45, 7) is 2.55. The van der Waals surface area contributed by atoms with Crippen molar-refractivity contribution < 1.29 is 4.79 Å². The van der Waals surface area contributed by atoms with Crippen LogP contribution in [0.5, 0.6) is 0 Å². The predicted octanol–water partition coefficient (Wildman–Crippen LogP) is 0.531. The number of aryl methyl sites for hydroxylation is 1. The van der Waals surface area contributed by atoms with Crippen molar-refractivity contribution in [1.29, 1.82) is 0 Å². The average molecular weight is 236 g/mol. The van der Waals surface area contributed by atoms with Crippen molar-refractivity contribution >= 4 is 5.91 Å². The van der Waals surface area contributed by atoms with Gasteiger partial charge >= 0.3 is 0 Å². The molecule has 2 heterocycles. The van der Waals surface area contributed by atoms with Gasteiger partial charge < -0.3 is 10.6 Å². The van der Waals surface area contributed by atoms with Crippen LogP contribution in [-0.2, 0) is 11.3 Å². The zero-order chi connectivity index (χ0) is 11.9. The van der Waals surface area contributed by atoms with E-state index in [-0.39, 0.29) is 5.91 Å². The molecule has 0 radical (unpaired) electrons. The van der Waals surface area contributed by atoms with Gasteiger partial charge in [-0.3, -0.25) is 9.48 Å². The summed E-state index contributed by atoms with van der Waals surface area (Å²) >= 11 is 0. The number of carbonyl (C=O) groups is 1. The van der Waals surface area contributed by atoms with Gasteiger partial charge in [0.25, 0.3) is 0 Å². The van der Waals surface area contributed by atoms with E-state index >= 15 is 0 Å². The van der Waals surface area contributed by atoms with E-state index in [2.05, 4.69) is 15.7 Å². The monoisotopic (exact) mass is 236 g/mol. The van der Waals surface area contributed by atoms with Gasteiger partial charge in [0, 0.05) is 37.9 Å². The minimum Gasteiger partial charge on any atom is -0.356 e. The van der Waals surface area contributed by atoms with E-state index < -0.39 is 0 Å². The summed E-state index contributed by atoms with van der Waals surface area (Å²) in [5, 5.41) is 10.4. The maximum atomic E-state index is 11.5. The quantitative estimate of drug-likeness (QED) is 0.757. The molecular weight excluding hydrogens is 216 g/mol. The van der Waals surface area contributed by atoms with Gasteiger partial charge in [-0.05, 0) is 31.9 Å². The van der Waals surface area contributed by atoms with Crippen molar-refractivity contribution in [2.45, 2.75) is 38.3 Å². The first kappa shape index (κ1) is 12.1. The molecule has 0 bridgehead atoms. The van der Waals surface area contributed by atoms with Crippen LogP contribution in [0.25, 0.3) is 0 Å². The Kier molecular flexibility index (Phi) is 4.55. The minimum atomic E-state index is 0.110. The second kappa shape index (κ2) is 6.39. The summed E-state index contributed by atoms with van der Waals surface area (Å²) in [6.07, 6.45) is 7.63. The molecule has 2 rings (SSSR count). The highest BCUT2D eigenvalue weighted by Gasteiger charge is 2.13. The van der Waals surface area contributed by atoms with Gasteiger partial charge in [0.2, 0.25) is 5.91 Å². The van der Waals surface area contributed by atoms with E-state index in [1.807, 2.05) is 12.3 Å². The van der Waals surface area contributed by atoms with Gasteiger partial charge in [-0.25, -0.2) is 0 Å². The SMILES string of the molecule is O=C(CCn1cccn1)NCCC1CCCN1. The first-order chi connectivity index (χ1) is 8.34. The predicted molar refractivity (Wildman–Crippen MR) is 65.5 cm³/mol. The molecule has 1 amide bonds. The van der Waals surface area contributed by atoms with Crippen molar-refractivity contribution in [3.8, 4) is 0 Å². The summed E-state index contributed by atoms with van der Waals surface area (Å²) in [5.41, 5.74) is 0. The third-order valence-electron chi connectivity index (χ3n) is 3.10. The number of amides is 1. The van der Waals surface area contributed by atoms with Crippen molar-refractivity contribution in [1.82, 2.24) is 20.4 Å². The number of hydrogen-bond donors (Lipinski definition) is 2. The molecule has 1 aliphatic heterocycles. The Morgan fingerprint density at radius 3 is 3.24 bits per heavy atom. The lowest BCUT2D eigenvalue weighted by Crippen LogP contribution is -2.31. The van der Waals surface area contributed by atoms with Crippen LogP contribution in [0.1, 0.15) is 25.7 Å². The van der Waals surface area contributed by atoms with Crippen molar-refractivity contribution in [3.05, 3.63) is 18.5 Å². The third-order valence-corrected chi connectivity index (χ3v) is 3.10. The fraction of sp³-hybridized carbons (Fsp3) is 0.667. The second-order valence-corrected chi connectivity index (χ2v) is 4.45. The van der Waals surface area contributed by atoms with Crippen LogP contribution < -0.4 is 10.6 Å². The van der Waals surface area contributed by atoms with Gasteiger partial charge in [0.05, 0.1) is 0 Å². The molecule has 1 unspecified atom stereocenters. The smallest absolute Gasteiger partial charge is 0.221 e. The Morgan fingerprint density at radius 2 is 2.53 bits per heavy atom. The summed E-state index contributed by atoms with van der Waals surface area (Å²) in [6, 6.07) is 2.46. The fourth-order valence-electron chi connectivity index (χ4n) is 2.13. The first-order valence-corrected chi connectivity index (χ1v) is 6.32. The first-order valence-electron chi connectivity index (χ1n) is 6.32. The van der Waals surface area contributed by atoms with E-state index in [9.17, 15) is 4.79 Å². The van der Waals surface area contributed by atoms with Gasteiger partial charge in [-0.1, -0.05) is 0 Å². The Hall–Kier alpha value is -1.36. The van der Waals surface area contributed by atoms with Gasteiger partial charge in [-0.2, -0.15) is 5.10 Å². The molecular formula is C12H20N4O.